The van der Waals surface area contributed by atoms with Crippen molar-refractivity contribution in [2.75, 3.05) is 29.9 Å². The molecule has 2 atom stereocenters. The molecule has 2 fully saturated rings. The van der Waals surface area contributed by atoms with E-state index in [9.17, 15) is 26.4 Å². The molecule has 1 aromatic heterocycles. The van der Waals surface area contributed by atoms with E-state index in [1.54, 1.807) is 0 Å². The van der Waals surface area contributed by atoms with Gasteiger partial charge in [0, 0.05) is 25.3 Å². The molecule has 0 radical (unpaired) electrons. The van der Waals surface area contributed by atoms with Gasteiger partial charge in [0.1, 0.15) is 0 Å². The number of carbonyl (C=O) groups excluding carboxylic acids is 1. The van der Waals surface area contributed by atoms with Crippen LogP contribution in [0.3, 0.4) is 0 Å². The van der Waals surface area contributed by atoms with Crippen molar-refractivity contribution in [2.45, 2.75) is 44.8 Å². The first-order valence-electron chi connectivity index (χ1n) is 9.25. The number of amides is 1. The van der Waals surface area contributed by atoms with E-state index >= 15 is 0 Å². The third kappa shape index (κ3) is 4.92. The second-order valence-electron chi connectivity index (χ2n) is 7.51. The molecule has 7 nitrogen and oxygen atoms in total. The van der Waals surface area contributed by atoms with E-state index in [1.165, 1.54) is 0 Å². The summed E-state index contributed by atoms with van der Waals surface area (Å²) in [5, 5.41) is 2.95. The zero-order valence-electron chi connectivity index (χ0n) is 15.5. The molecule has 1 aromatic rings. The number of anilines is 1. The molecule has 1 N–H and O–H groups in total. The van der Waals surface area contributed by atoms with Gasteiger partial charge in [0.05, 0.1) is 17.1 Å². The SMILES string of the molecule is C[C@@H]1CCC[C@H](Nc2ncc(C(=O)N3CCS(=O)(=O)CC3)c(C(F)(F)F)n2)C1. The molecule has 2 heterocycles. The van der Waals surface area contributed by atoms with Crippen LogP contribution in [0.5, 0.6) is 0 Å². The third-order valence-electron chi connectivity index (χ3n) is 5.19. The molecule has 1 saturated heterocycles. The van der Waals surface area contributed by atoms with E-state index in [2.05, 4.69) is 22.2 Å². The number of alkyl halides is 3. The summed E-state index contributed by atoms with van der Waals surface area (Å²) < 4.78 is 63.6. The van der Waals surface area contributed by atoms with Crippen molar-refractivity contribution in [3.8, 4) is 0 Å². The van der Waals surface area contributed by atoms with Crippen LogP contribution in [0.25, 0.3) is 0 Å². The lowest BCUT2D eigenvalue weighted by atomic mass is 9.87. The maximum absolute atomic E-state index is 13.5. The molecular formula is C17H23F3N4O3S. The third-order valence-corrected chi connectivity index (χ3v) is 6.80. The highest BCUT2D eigenvalue weighted by atomic mass is 32.2. The molecule has 0 unspecified atom stereocenters. The quantitative estimate of drug-likeness (QED) is 0.807. The Morgan fingerprint density at radius 3 is 2.54 bits per heavy atom. The minimum atomic E-state index is -4.83. The van der Waals surface area contributed by atoms with Gasteiger partial charge >= 0.3 is 6.18 Å². The van der Waals surface area contributed by atoms with Crippen LogP contribution in [0.2, 0.25) is 0 Å². The van der Waals surface area contributed by atoms with Crippen molar-refractivity contribution in [3.05, 3.63) is 17.5 Å². The van der Waals surface area contributed by atoms with Gasteiger partial charge < -0.3 is 10.2 Å². The highest BCUT2D eigenvalue weighted by molar-refractivity contribution is 7.91. The maximum atomic E-state index is 13.5. The number of rotatable bonds is 3. The molecular weight excluding hydrogens is 397 g/mol. The van der Waals surface area contributed by atoms with Gasteiger partial charge in [0.15, 0.2) is 15.5 Å². The molecule has 11 heteroatoms. The second-order valence-corrected chi connectivity index (χ2v) is 9.81. The summed E-state index contributed by atoms with van der Waals surface area (Å²) in [5.74, 6) is -1.10. The fourth-order valence-electron chi connectivity index (χ4n) is 3.66. The van der Waals surface area contributed by atoms with E-state index in [0.29, 0.717) is 5.92 Å². The molecule has 1 saturated carbocycles. The van der Waals surface area contributed by atoms with Crippen LogP contribution >= 0.6 is 0 Å². The number of halogens is 3. The summed E-state index contributed by atoms with van der Waals surface area (Å²) in [5.41, 5.74) is -1.96. The molecule has 3 rings (SSSR count). The van der Waals surface area contributed by atoms with Crippen molar-refractivity contribution >= 4 is 21.7 Å². The largest absolute Gasteiger partial charge is 0.434 e. The van der Waals surface area contributed by atoms with Gasteiger partial charge in [0.25, 0.3) is 5.91 Å². The fraction of sp³-hybridized carbons (Fsp3) is 0.706. The number of nitrogens with one attached hydrogen (secondary N) is 1. The predicted octanol–water partition coefficient (Wildman–Crippen LogP) is 2.36. The maximum Gasteiger partial charge on any atom is 0.434 e. The summed E-state index contributed by atoms with van der Waals surface area (Å²) in [7, 11) is -3.25. The Labute approximate surface area is 161 Å². The Hall–Kier alpha value is -1.91. The zero-order chi connectivity index (χ0) is 20.5. The van der Waals surface area contributed by atoms with Crippen molar-refractivity contribution in [3.63, 3.8) is 0 Å². The van der Waals surface area contributed by atoms with E-state index in [4.69, 9.17) is 0 Å². The Balaban J connectivity index is 1.82. The lowest BCUT2D eigenvalue weighted by Gasteiger charge is -2.28. The van der Waals surface area contributed by atoms with Gasteiger partial charge in [-0.25, -0.2) is 18.4 Å². The molecule has 1 amide bonds. The van der Waals surface area contributed by atoms with Crippen LogP contribution < -0.4 is 5.32 Å². The van der Waals surface area contributed by atoms with E-state index < -0.39 is 33.2 Å². The number of hydrogen-bond acceptors (Lipinski definition) is 6. The molecule has 28 heavy (non-hydrogen) atoms. The predicted molar refractivity (Wildman–Crippen MR) is 96.6 cm³/mol. The summed E-state index contributed by atoms with van der Waals surface area (Å²) in [6.07, 6.45) is -0.210. The second kappa shape index (κ2) is 7.84. The molecule has 1 aliphatic heterocycles. The standard InChI is InChI=1S/C17H23F3N4O3S/c1-11-3-2-4-12(9-11)22-16-21-10-13(14(23-16)17(18,19)20)15(25)24-5-7-28(26,27)8-6-24/h10-12H,2-9H2,1H3,(H,21,22,23)/t11-,12+/m1/s1. The summed E-state index contributed by atoms with van der Waals surface area (Å²) >= 11 is 0. The van der Waals surface area contributed by atoms with Crippen LogP contribution in [0.4, 0.5) is 19.1 Å². The van der Waals surface area contributed by atoms with Crippen LogP contribution in [-0.4, -0.2) is 59.8 Å². The lowest BCUT2D eigenvalue weighted by Crippen LogP contribution is -2.44. The smallest absolute Gasteiger partial charge is 0.351 e. The summed E-state index contributed by atoms with van der Waals surface area (Å²) in [6.45, 7) is 1.81. The van der Waals surface area contributed by atoms with E-state index in [-0.39, 0.29) is 36.6 Å². The summed E-state index contributed by atoms with van der Waals surface area (Å²) in [6, 6.07) is -0.00122. The molecule has 0 spiro atoms. The van der Waals surface area contributed by atoms with Crippen molar-refractivity contribution in [1.29, 1.82) is 0 Å². The van der Waals surface area contributed by atoms with Crippen LogP contribution in [-0.2, 0) is 16.0 Å². The number of nitrogens with zero attached hydrogens (tertiary/aromatic N) is 3. The first kappa shape index (κ1) is 20.8. The Bertz CT molecular complexity index is 831. The minimum Gasteiger partial charge on any atom is -0.351 e. The lowest BCUT2D eigenvalue weighted by molar-refractivity contribution is -0.141. The van der Waals surface area contributed by atoms with E-state index in [0.717, 1.165) is 36.8 Å². The topological polar surface area (TPSA) is 92.3 Å². The zero-order valence-corrected chi connectivity index (χ0v) is 16.3. The van der Waals surface area contributed by atoms with Gasteiger partial charge in [-0.1, -0.05) is 19.8 Å². The molecule has 156 valence electrons. The molecule has 0 aromatic carbocycles. The van der Waals surface area contributed by atoms with Crippen molar-refractivity contribution < 1.29 is 26.4 Å². The highest BCUT2D eigenvalue weighted by Crippen LogP contribution is 2.32. The van der Waals surface area contributed by atoms with Crippen molar-refractivity contribution in [1.82, 2.24) is 14.9 Å². The van der Waals surface area contributed by atoms with Gasteiger partial charge in [-0.15, -0.1) is 0 Å². The molecule has 1 aliphatic carbocycles. The highest BCUT2D eigenvalue weighted by Gasteiger charge is 2.40. The Morgan fingerprint density at radius 2 is 1.93 bits per heavy atom. The van der Waals surface area contributed by atoms with Crippen molar-refractivity contribution in [2.24, 2.45) is 5.92 Å². The average Bonchev–Trinajstić information content (AvgIpc) is 2.60. The van der Waals surface area contributed by atoms with Gasteiger partial charge in [-0.2, -0.15) is 13.2 Å². The fourth-order valence-corrected chi connectivity index (χ4v) is 4.86. The average molecular weight is 420 g/mol. The minimum absolute atomic E-state index is 0.00122. The first-order chi connectivity index (χ1) is 13.0. The number of hydrogen-bond donors (Lipinski definition) is 1. The first-order valence-corrected chi connectivity index (χ1v) is 11.1. The molecule has 2 aliphatic rings. The van der Waals surface area contributed by atoms with Gasteiger partial charge in [-0.05, 0) is 18.8 Å². The van der Waals surface area contributed by atoms with Gasteiger partial charge in [-0.3, -0.25) is 4.79 Å². The Morgan fingerprint density at radius 1 is 1.25 bits per heavy atom. The number of carbonyl (C=O) groups is 1. The van der Waals surface area contributed by atoms with Crippen LogP contribution in [0, 0.1) is 5.92 Å². The van der Waals surface area contributed by atoms with Crippen LogP contribution in [0.15, 0.2) is 6.20 Å². The summed E-state index contributed by atoms with van der Waals surface area (Å²) in [4.78, 5) is 21.2. The number of aromatic nitrogens is 2. The molecule has 0 bridgehead atoms. The van der Waals surface area contributed by atoms with Gasteiger partial charge in [0.2, 0.25) is 5.95 Å². The normalized spacial score (nSPS) is 25.4. The monoisotopic (exact) mass is 420 g/mol. The Kier molecular flexibility index (Phi) is 5.83. The number of sulfone groups is 1. The van der Waals surface area contributed by atoms with Crippen LogP contribution in [0.1, 0.15) is 48.7 Å². The van der Waals surface area contributed by atoms with E-state index in [1.807, 2.05) is 0 Å².